The summed E-state index contributed by atoms with van der Waals surface area (Å²) in [6, 6.07) is 6.42. The van der Waals surface area contributed by atoms with Crippen molar-refractivity contribution in [2.75, 3.05) is 0 Å². The van der Waals surface area contributed by atoms with Gasteiger partial charge in [0.1, 0.15) is 17.9 Å². The predicted octanol–water partition coefficient (Wildman–Crippen LogP) is 3.33. The van der Waals surface area contributed by atoms with E-state index in [0.29, 0.717) is 5.92 Å². The van der Waals surface area contributed by atoms with E-state index in [9.17, 15) is 4.39 Å². The summed E-state index contributed by atoms with van der Waals surface area (Å²) in [6.07, 6.45) is 10.8. The Morgan fingerprint density at radius 1 is 1.14 bits per heavy atom. The number of rotatable bonds is 2. The van der Waals surface area contributed by atoms with E-state index in [1.807, 2.05) is 0 Å². The highest BCUT2D eigenvalue weighted by Gasteiger charge is 2.49. The Morgan fingerprint density at radius 2 is 1.95 bits per heavy atom. The molecule has 1 aromatic carbocycles. The molecule has 4 heteroatoms. The minimum atomic E-state index is -0.533. The standard InChI is InChI=1S/C18H14FN3/c19-14-5-3-12(4-6-14)16-17-18(21-10-20-17)8-7-13(11-1-2-11)9-15(18)22-16/h3-11,13H,1-2H2. The lowest BCUT2D eigenvalue weighted by molar-refractivity contribution is 0.628. The number of aliphatic imine (C=N–C) groups is 3. The van der Waals surface area contributed by atoms with Crippen molar-refractivity contribution in [3.63, 3.8) is 0 Å². The molecule has 0 N–H and O–H groups in total. The van der Waals surface area contributed by atoms with Crippen molar-refractivity contribution >= 4 is 17.8 Å². The first-order valence-electron chi connectivity index (χ1n) is 7.65. The molecule has 1 spiro atoms. The molecule has 0 amide bonds. The largest absolute Gasteiger partial charge is 0.250 e. The second-order valence-electron chi connectivity index (χ2n) is 6.28. The third-order valence-corrected chi connectivity index (χ3v) is 4.85. The zero-order valence-electron chi connectivity index (χ0n) is 11.9. The summed E-state index contributed by atoms with van der Waals surface area (Å²) in [4.78, 5) is 13.8. The molecule has 5 rings (SSSR count). The van der Waals surface area contributed by atoms with Gasteiger partial charge >= 0.3 is 0 Å². The van der Waals surface area contributed by atoms with Crippen LogP contribution in [0.4, 0.5) is 4.39 Å². The molecule has 1 saturated carbocycles. The van der Waals surface area contributed by atoms with Crippen LogP contribution in [0.15, 0.2) is 63.2 Å². The van der Waals surface area contributed by atoms with Crippen molar-refractivity contribution in [2.45, 2.75) is 18.4 Å². The highest BCUT2D eigenvalue weighted by Crippen LogP contribution is 2.46. The van der Waals surface area contributed by atoms with Gasteiger partial charge in [-0.2, -0.15) is 0 Å². The Hall–Kier alpha value is -2.36. The molecule has 2 atom stereocenters. The van der Waals surface area contributed by atoms with Crippen LogP contribution in [-0.2, 0) is 0 Å². The molecule has 0 saturated heterocycles. The number of halogens is 1. The Bertz CT molecular complexity index is 809. The smallest absolute Gasteiger partial charge is 0.166 e. The van der Waals surface area contributed by atoms with Gasteiger partial charge in [-0.3, -0.25) is 0 Å². The van der Waals surface area contributed by atoms with Crippen LogP contribution in [-0.4, -0.2) is 23.3 Å². The van der Waals surface area contributed by atoms with Crippen LogP contribution in [0.25, 0.3) is 0 Å². The Labute approximate surface area is 127 Å². The maximum Gasteiger partial charge on any atom is 0.166 e. The fourth-order valence-corrected chi connectivity index (χ4v) is 3.47. The average molecular weight is 291 g/mol. The summed E-state index contributed by atoms with van der Waals surface area (Å²) in [5.74, 6) is 0.984. The third kappa shape index (κ3) is 1.58. The molecule has 2 heterocycles. The molecule has 22 heavy (non-hydrogen) atoms. The van der Waals surface area contributed by atoms with Gasteiger partial charge in [-0.1, -0.05) is 12.2 Å². The van der Waals surface area contributed by atoms with E-state index in [2.05, 4.69) is 28.2 Å². The Kier molecular flexibility index (Phi) is 2.27. The van der Waals surface area contributed by atoms with Crippen molar-refractivity contribution < 1.29 is 4.39 Å². The highest BCUT2D eigenvalue weighted by atomic mass is 19.1. The average Bonchev–Trinajstić information content (AvgIpc) is 3.21. The summed E-state index contributed by atoms with van der Waals surface area (Å²) in [6.45, 7) is 0. The van der Waals surface area contributed by atoms with E-state index in [4.69, 9.17) is 4.99 Å². The van der Waals surface area contributed by atoms with Crippen LogP contribution >= 0.6 is 0 Å². The molecule has 1 aromatic rings. The van der Waals surface area contributed by atoms with Crippen molar-refractivity contribution in [1.82, 2.24) is 0 Å². The molecule has 108 valence electrons. The molecule has 3 nitrogen and oxygen atoms in total. The van der Waals surface area contributed by atoms with E-state index in [0.717, 1.165) is 28.6 Å². The molecular formula is C18H14FN3. The van der Waals surface area contributed by atoms with Gasteiger partial charge in [-0.25, -0.2) is 19.4 Å². The molecule has 0 bridgehead atoms. The number of hydrogen-bond acceptors (Lipinski definition) is 3. The van der Waals surface area contributed by atoms with Gasteiger partial charge in [0.15, 0.2) is 5.54 Å². The Balaban J connectivity index is 1.63. The predicted molar refractivity (Wildman–Crippen MR) is 85.0 cm³/mol. The minimum absolute atomic E-state index is 0.244. The first kappa shape index (κ1) is 12.2. The lowest BCUT2D eigenvalue weighted by atomic mass is 9.82. The first-order chi connectivity index (χ1) is 10.8. The fraction of sp³-hybridized carbons (Fsp3) is 0.278. The normalized spacial score (nSPS) is 31.5. The molecular weight excluding hydrogens is 277 g/mol. The number of hydrogen-bond donors (Lipinski definition) is 0. The topological polar surface area (TPSA) is 37.1 Å². The van der Waals surface area contributed by atoms with Crippen LogP contribution in [0, 0.1) is 17.7 Å². The van der Waals surface area contributed by atoms with Crippen molar-refractivity contribution in [2.24, 2.45) is 26.8 Å². The summed E-state index contributed by atoms with van der Waals surface area (Å²) >= 11 is 0. The molecule has 0 aromatic heterocycles. The second-order valence-corrected chi connectivity index (χ2v) is 6.28. The maximum atomic E-state index is 13.2. The summed E-state index contributed by atoms with van der Waals surface area (Å²) in [5, 5.41) is 0. The van der Waals surface area contributed by atoms with E-state index in [1.165, 1.54) is 25.0 Å². The van der Waals surface area contributed by atoms with Crippen molar-refractivity contribution in [1.29, 1.82) is 0 Å². The first-order valence-corrected chi connectivity index (χ1v) is 7.65. The van der Waals surface area contributed by atoms with Crippen LogP contribution in [0.2, 0.25) is 0 Å². The molecule has 2 aliphatic heterocycles. The van der Waals surface area contributed by atoms with Crippen molar-refractivity contribution in [3.05, 3.63) is 59.6 Å². The van der Waals surface area contributed by atoms with Gasteiger partial charge in [0.25, 0.3) is 0 Å². The molecule has 1 fully saturated rings. The third-order valence-electron chi connectivity index (χ3n) is 4.85. The van der Waals surface area contributed by atoms with Gasteiger partial charge in [-0.15, -0.1) is 0 Å². The van der Waals surface area contributed by atoms with Crippen LogP contribution in [0.5, 0.6) is 0 Å². The number of benzene rings is 1. The quantitative estimate of drug-likeness (QED) is 0.750. The lowest BCUT2D eigenvalue weighted by Crippen LogP contribution is -2.35. The number of allylic oxidation sites excluding steroid dienone is 2. The second kappa shape index (κ2) is 4.09. The Morgan fingerprint density at radius 3 is 2.73 bits per heavy atom. The van der Waals surface area contributed by atoms with Gasteiger partial charge in [-0.05, 0) is 55.0 Å². The summed E-state index contributed by atoms with van der Waals surface area (Å²) in [5.41, 5.74) is 2.99. The van der Waals surface area contributed by atoms with E-state index in [-0.39, 0.29) is 5.82 Å². The van der Waals surface area contributed by atoms with E-state index in [1.54, 1.807) is 18.5 Å². The zero-order chi connectivity index (χ0) is 14.7. The molecule has 2 unspecified atom stereocenters. The van der Waals surface area contributed by atoms with Crippen LogP contribution in [0.3, 0.4) is 0 Å². The molecule has 0 radical (unpaired) electrons. The van der Waals surface area contributed by atoms with Crippen LogP contribution < -0.4 is 0 Å². The highest BCUT2D eigenvalue weighted by molar-refractivity contribution is 6.56. The minimum Gasteiger partial charge on any atom is -0.250 e. The van der Waals surface area contributed by atoms with Gasteiger partial charge in [0.05, 0.1) is 11.4 Å². The summed E-state index contributed by atoms with van der Waals surface area (Å²) < 4.78 is 13.2. The van der Waals surface area contributed by atoms with Crippen molar-refractivity contribution in [3.8, 4) is 0 Å². The van der Waals surface area contributed by atoms with Gasteiger partial charge in [0.2, 0.25) is 0 Å². The van der Waals surface area contributed by atoms with Gasteiger partial charge < -0.3 is 0 Å². The van der Waals surface area contributed by atoms with E-state index < -0.39 is 5.54 Å². The monoisotopic (exact) mass is 291 g/mol. The fourth-order valence-electron chi connectivity index (χ4n) is 3.47. The lowest BCUT2D eigenvalue weighted by Gasteiger charge is -2.24. The van der Waals surface area contributed by atoms with E-state index >= 15 is 0 Å². The maximum absolute atomic E-state index is 13.2. The molecule has 2 aliphatic carbocycles. The summed E-state index contributed by atoms with van der Waals surface area (Å²) in [7, 11) is 0. The number of nitrogens with zero attached hydrogens (tertiary/aromatic N) is 3. The van der Waals surface area contributed by atoms with Gasteiger partial charge in [0, 0.05) is 5.56 Å². The van der Waals surface area contributed by atoms with Crippen LogP contribution in [0.1, 0.15) is 18.4 Å². The zero-order valence-corrected chi connectivity index (χ0v) is 11.9. The SMILES string of the molecule is Fc1ccc(C2=NC3=CC(C4CC4)C=CC34N=CN=C24)cc1. The molecule has 4 aliphatic rings.